The Hall–Kier alpha value is -5.90. The number of hydrogen-bond donors (Lipinski definition) is 6. The molecule has 26 nitrogen and oxygen atoms in total. The largest absolute Gasteiger partial charge is 0.390 e. The van der Waals surface area contributed by atoms with Crippen LogP contribution in [0.2, 0.25) is 0 Å². The maximum Gasteiger partial charge on any atom is 0.246 e. The van der Waals surface area contributed by atoms with Gasteiger partial charge in [0.2, 0.25) is 65.0 Å². The summed E-state index contributed by atoms with van der Waals surface area (Å²) in [5, 5.41) is 34.7. The number of likely N-dealkylation sites (N-methyl/N-ethyl adjacent to an activating group) is 7. The zero-order chi connectivity index (χ0) is 73.4. The quantitative estimate of drug-likeness (QED) is 0.0632. The molecule has 0 bridgehead atoms. The number of allylic oxidation sites excluding steroid dienone is 2. The number of amides is 11. The van der Waals surface area contributed by atoms with E-state index in [1.807, 2.05) is 41.5 Å². The number of aliphatic hydroxyl groups is 2. The molecule has 0 radical (unpaired) electrons. The molecule has 1 fully saturated rings. The van der Waals surface area contributed by atoms with Crippen molar-refractivity contribution in [2.24, 2.45) is 35.5 Å². The van der Waals surface area contributed by atoms with Gasteiger partial charge in [0.05, 0.1) is 31.5 Å². The van der Waals surface area contributed by atoms with Crippen LogP contribution in [0.5, 0.6) is 0 Å². The first-order valence-corrected chi connectivity index (χ1v) is 34.9. The molecular formula is C68H123N11O15S. The average Bonchev–Trinajstić information content (AvgIpc) is 0.814. The molecular weight excluding hydrogens is 1240 g/mol. The van der Waals surface area contributed by atoms with Crippen molar-refractivity contribution in [2.45, 2.75) is 234 Å². The van der Waals surface area contributed by atoms with Crippen LogP contribution in [-0.2, 0) is 62.2 Å². The molecule has 1 rings (SSSR count). The molecule has 1 aliphatic heterocycles. The summed E-state index contributed by atoms with van der Waals surface area (Å²) in [6, 6.07) is -14.6. The Labute approximate surface area is 572 Å². The fourth-order valence-electron chi connectivity index (χ4n) is 11.5. The minimum absolute atomic E-state index is 0.0480. The van der Waals surface area contributed by atoms with Gasteiger partial charge in [0.25, 0.3) is 0 Å². The van der Waals surface area contributed by atoms with Gasteiger partial charge in [0.15, 0.2) is 0 Å². The second-order valence-electron chi connectivity index (χ2n) is 28.4. The van der Waals surface area contributed by atoms with Crippen molar-refractivity contribution in [3.63, 3.8) is 0 Å². The third kappa shape index (κ3) is 26.1. The molecule has 1 aliphatic rings. The topological polar surface area (TPSA) is 317 Å². The van der Waals surface area contributed by atoms with E-state index in [-0.39, 0.29) is 68.6 Å². The first-order chi connectivity index (χ1) is 44.0. The highest BCUT2D eigenvalue weighted by molar-refractivity contribution is 7.99. The zero-order valence-electron chi connectivity index (χ0n) is 62.1. The Balaban J connectivity index is 4.56. The fourth-order valence-corrected chi connectivity index (χ4v) is 12.5. The van der Waals surface area contributed by atoms with Gasteiger partial charge in [-0.25, -0.2) is 0 Å². The molecule has 546 valence electrons. The minimum Gasteiger partial charge on any atom is -0.390 e. The Morgan fingerprint density at radius 2 is 0.968 bits per heavy atom. The predicted molar refractivity (Wildman–Crippen MR) is 369 cm³/mol. The maximum absolute atomic E-state index is 15.4. The molecule has 6 N–H and O–H groups in total. The summed E-state index contributed by atoms with van der Waals surface area (Å²) in [5.41, 5.74) is -1.60. The highest BCUT2D eigenvalue weighted by atomic mass is 32.2. The van der Waals surface area contributed by atoms with Crippen molar-refractivity contribution in [1.29, 1.82) is 0 Å². The van der Waals surface area contributed by atoms with Crippen LogP contribution in [0, 0.1) is 35.5 Å². The SMILES string of the molecule is CC=CC[C@@H](C)[C@@H](O)[C@H]1C(=O)N[C@@H](CC)C(=O)N(C)[C@H](CSCCOCCOC)C(=O)N(C)[C@@H](CC(C)(C)O)C(=O)N[C@@H](C(C)C)C(=O)N(C)[C@@H](CC(C)C)C(=O)N[C@@H](C)C(=O)N[C@H](C)C(=O)N(C)[C@@H](CC(C)C)C(=O)N(C)[C@@H](CC(C)C)C(=O)N(C)[C@@H](C(C)C)C(=O)N1C. The van der Waals surface area contributed by atoms with Crippen molar-refractivity contribution in [1.82, 2.24) is 55.6 Å². The Morgan fingerprint density at radius 3 is 1.45 bits per heavy atom. The molecule has 1 saturated heterocycles. The molecule has 0 aliphatic carbocycles. The first kappa shape index (κ1) is 87.1. The lowest BCUT2D eigenvalue weighted by Crippen LogP contribution is -2.64. The minimum atomic E-state index is -1.67. The number of methoxy groups -OCH3 is 1. The third-order valence-electron chi connectivity index (χ3n) is 17.5. The first-order valence-electron chi connectivity index (χ1n) is 33.7. The van der Waals surface area contributed by atoms with Crippen LogP contribution in [-0.4, -0.2) is 275 Å². The summed E-state index contributed by atoms with van der Waals surface area (Å²) in [5.74, 6) is -10.2. The normalized spacial score (nSPS) is 26.3. The Kier molecular flexibility index (Phi) is 37.3. The van der Waals surface area contributed by atoms with Crippen LogP contribution >= 0.6 is 11.8 Å². The molecule has 0 aromatic heterocycles. The number of carbonyl (C=O) groups excluding carboxylic acids is 11. The number of nitrogens with one attached hydrogen (secondary N) is 4. The Morgan fingerprint density at radius 1 is 0.516 bits per heavy atom. The maximum atomic E-state index is 15.4. The van der Waals surface area contributed by atoms with E-state index >= 15 is 28.8 Å². The number of ether oxygens (including phenoxy) is 2. The summed E-state index contributed by atoms with van der Waals surface area (Å²) in [7, 11) is 11.3. The van der Waals surface area contributed by atoms with Gasteiger partial charge in [-0.15, -0.1) is 0 Å². The number of rotatable bonds is 23. The number of nitrogens with zero attached hydrogens (tertiary/aromatic N) is 7. The summed E-state index contributed by atoms with van der Waals surface area (Å²) < 4.78 is 10.8. The highest BCUT2D eigenvalue weighted by Gasteiger charge is 2.47. The summed E-state index contributed by atoms with van der Waals surface area (Å²) in [6.45, 7) is 29.7. The number of carbonyl (C=O) groups is 11. The van der Waals surface area contributed by atoms with Crippen LogP contribution < -0.4 is 21.3 Å². The van der Waals surface area contributed by atoms with E-state index in [1.54, 1.807) is 60.6 Å². The van der Waals surface area contributed by atoms with Gasteiger partial charge in [0, 0.05) is 74.4 Å². The van der Waals surface area contributed by atoms with Gasteiger partial charge in [-0.05, 0) is 102 Å². The third-order valence-corrected chi connectivity index (χ3v) is 18.5. The van der Waals surface area contributed by atoms with E-state index < -0.39 is 161 Å². The number of aliphatic hydroxyl groups excluding tert-OH is 1. The van der Waals surface area contributed by atoms with Crippen LogP contribution in [0.1, 0.15) is 156 Å². The van der Waals surface area contributed by atoms with Gasteiger partial charge >= 0.3 is 0 Å². The molecule has 0 saturated carbocycles. The standard InChI is InChI=1S/C68H123N11O15S/c1-26-28-29-44(13)56(80)55-60(84)71-47(27-2)62(86)77(22)52(38-95-33-32-94-31-30-93-25)65(89)76(21)51(37-68(16,17)92)59(83)72-53(42(9)10)66(90)73(18)48(34-39(3)4)58(82)69-45(14)57(81)70-46(15)61(85)74(19)49(35-40(5)6)63(87)75(20)50(36-41(7)8)64(88)78(23)54(43(11)12)67(91)79(55)24/h26,28,39-56,80,92H,27,29-38H2,1-25H3,(H,69,82)(H,70,81)(H,71,84)(H,72,83)/t44-,45+,46-,47+,48+,49+,50+,51+,52-,53+,54+,55+,56-/m1/s1. The molecule has 95 heavy (non-hydrogen) atoms. The summed E-state index contributed by atoms with van der Waals surface area (Å²) >= 11 is 1.27. The van der Waals surface area contributed by atoms with Gasteiger partial charge in [0.1, 0.15) is 66.5 Å². The van der Waals surface area contributed by atoms with Crippen LogP contribution in [0.25, 0.3) is 0 Å². The summed E-state index contributed by atoms with van der Waals surface area (Å²) in [6.07, 6.45) is 2.26. The Bertz CT molecular complexity index is 2570. The predicted octanol–water partition coefficient (Wildman–Crippen LogP) is 3.15. The number of hydrogen-bond acceptors (Lipinski definition) is 16. The van der Waals surface area contributed by atoms with E-state index in [0.717, 1.165) is 14.7 Å². The lowest BCUT2D eigenvalue weighted by atomic mass is 9.91. The number of thioether (sulfide) groups is 1. The molecule has 11 amide bonds. The molecule has 0 spiro atoms. The zero-order valence-corrected chi connectivity index (χ0v) is 62.9. The van der Waals surface area contributed by atoms with Gasteiger partial charge in [-0.2, -0.15) is 11.8 Å². The lowest BCUT2D eigenvalue weighted by Gasteiger charge is -2.41. The van der Waals surface area contributed by atoms with Crippen molar-refractivity contribution in [2.75, 3.05) is 87.8 Å². The molecule has 13 atom stereocenters. The lowest BCUT2D eigenvalue weighted by molar-refractivity contribution is -0.157. The highest BCUT2D eigenvalue weighted by Crippen LogP contribution is 2.27. The summed E-state index contributed by atoms with van der Waals surface area (Å²) in [4.78, 5) is 172. The smallest absolute Gasteiger partial charge is 0.246 e. The van der Waals surface area contributed by atoms with Crippen LogP contribution in [0.3, 0.4) is 0 Å². The molecule has 0 aromatic rings. The second kappa shape index (κ2) is 40.7. The molecule has 27 heteroatoms. The van der Waals surface area contributed by atoms with Gasteiger partial charge < -0.3 is 75.3 Å². The van der Waals surface area contributed by atoms with Crippen molar-refractivity contribution < 1.29 is 72.4 Å². The molecule has 0 aromatic carbocycles. The van der Waals surface area contributed by atoms with E-state index in [2.05, 4.69) is 21.3 Å². The van der Waals surface area contributed by atoms with E-state index in [1.165, 1.54) is 115 Å². The average molecular weight is 1370 g/mol. The molecule has 1 heterocycles. The van der Waals surface area contributed by atoms with E-state index in [0.29, 0.717) is 19.0 Å². The van der Waals surface area contributed by atoms with E-state index in [4.69, 9.17) is 9.47 Å². The van der Waals surface area contributed by atoms with Crippen molar-refractivity contribution in [3.05, 3.63) is 12.2 Å². The van der Waals surface area contributed by atoms with Gasteiger partial charge in [-0.3, -0.25) is 52.7 Å². The van der Waals surface area contributed by atoms with Crippen molar-refractivity contribution in [3.8, 4) is 0 Å². The van der Waals surface area contributed by atoms with E-state index in [9.17, 15) is 34.2 Å². The van der Waals surface area contributed by atoms with Crippen LogP contribution in [0.15, 0.2) is 12.2 Å². The van der Waals surface area contributed by atoms with Gasteiger partial charge in [-0.1, -0.05) is 95.2 Å². The second-order valence-corrected chi connectivity index (χ2v) is 29.5. The van der Waals surface area contributed by atoms with Crippen molar-refractivity contribution >= 4 is 76.7 Å². The monoisotopic (exact) mass is 1370 g/mol. The molecule has 0 unspecified atom stereocenters. The van der Waals surface area contributed by atoms with Crippen LogP contribution in [0.4, 0.5) is 0 Å². The fraction of sp³-hybridized carbons (Fsp3) is 0.809.